The van der Waals surface area contributed by atoms with Crippen molar-refractivity contribution in [2.24, 2.45) is 0 Å². The molecule has 0 radical (unpaired) electrons. The molecule has 0 atom stereocenters. The normalized spacial score (nSPS) is 11.5. The van der Waals surface area contributed by atoms with Gasteiger partial charge in [-0.3, -0.25) is 0 Å². The van der Waals surface area contributed by atoms with E-state index in [1.807, 2.05) is 0 Å². The standard InChI is InChI=1S/C5H2Cl2O4S2/c6-3-1-2(4(8)9)5(12-3)13(7,10)11/h1H,(H,8,9). The van der Waals surface area contributed by atoms with Gasteiger partial charge in [-0.15, -0.1) is 11.3 Å². The van der Waals surface area contributed by atoms with Crippen molar-refractivity contribution < 1.29 is 18.3 Å². The Balaban J connectivity index is 3.46. The number of carboxylic acid groups (broad SMARTS) is 1. The lowest BCUT2D eigenvalue weighted by molar-refractivity contribution is 0.0694. The number of aromatic carboxylic acids is 1. The van der Waals surface area contributed by atoms with Crippen molar-refractivity contribution in [1.82, 2.24) is 0 Å². The smallest absolute Gasteiger partial charge is 0.337 e. The molecular weight excluding hydrogens is 259 g/mol. The van der Waals surface area contributed by atoms with E-state index in [0.717, 1.165) is 6.07 Å². The molecule has 0 aromatic carbocycles. The highest BCUT2D eigenvalue weighted by molar-refractivity contribution is 8.15. The molecule has 13 heavy (non-hydrogen) atoms. The van der Waals surface area contributed by atoms with Gasteiger partial charge in [0.15, 0.2) is 4.21 Å². The van der Waals surface area contributed by atoms with Gasteiger partial charge in [0.1, 0.15) is 0 Å². The van der Waals surface area contributed by atoms with Crippen molar-refractivity contribution in [3.63, 3.8) is 0 Å². The minimum atomic E-state index is -4.03. The number of carbonyl (C=O) groups is 1. The molecule has 4 nitrogen and oxygen atoms in total. The summed E-state index contributed by atoms with van der Waals surface area (Å²) in [4.78, 5) is 10.5. The molecule has 1 rings (SSSR count). The van der Waals surface area contributed by atoms with Gasteiger partial charge in [0, 0.05) is 10.7 Å². The monoisotopic (exact) mass is 260 g/mol. The molecule has 72 valence electrons. The Morgan fingerprint density at radius 1 is 1.54 bits per heavy atom. The van der Waals surface area contributed by atoms with E-state index >= 15 is 0 Å². The average molecular weight is 261 g/mol. The summed E-state index contributed by atoms with van der Waals surface area (Å²) in [5.74, 6) is -1.37. The van der Waals surface area contributed by atoms with Crippen LogP contribution < -0.4 is 0 Å². The molecule has 0 saturated carbocycles. The molecule has 8 heteroatoms. The first kappa shape index (κ1) is 10.8. The first-order valence-corrected chi connectivity index (χ1v) is 6.30. The van der Waals surface area contributed by atoms with Crippen LogP contribution in [0.2, 0.25) is 4.34 Å². The SMILES string of the molecule is O=C(O)c1cc(Cl)sc1S(=O)(=O)Cl. The maximum Gasteiger partial charge on any atom is 0.337 e. The van der Waals surface area contributed by atoms with Crippen LogP contribution in [0.4, 0.5) is 0 Å². The van der Waals surface area contributed by atoms with Crippen molar-refractivity contribution in [1.29, 1.82) is 0 Å². The van der Waals surface area contributed by atoms with Gasteiger partial charge in [-0.1, -0.05) is 11.6 Å². The molecule has 1 aromatic rings. The van der Waals surface area contributed by atoms with Gasteiger partial charge in [-0.25, -0.2) is 13.2 Å². The van der Waals surface area contributed by atoms with E-state index in [9.17, 15) is 13.2 Å². The zero-order valence-corrected chi connectivity index (χ0v) is 8.97. The zero-order valence-electron chi connectivity index (χ0n) is 5.82. The van der Waals surface area contributed by atoms with Gasteiger partial charge in [-0.2, -0.15) is 0 Å². The number of hydrogen-bond acceptors (Lipinski definition) is 4. The molecule has 0 fully saturated rings. The highest BCUT2D eigenvalue weighted by atomic mass is 35.7. The van der Waals surface area contributed by atoms with Crippen LogP contribution in [-0.4, -0.2) is 19.5 Å². The molecule has 1 heterocycles. The topological polar surface area (TPSA) is 71.4 Å². The predicted molar refractivity (Wildman–Crippen MR) is 49.3 cm³/mol. The number of thiophene rings is 1. The number of rotatable bonds is 2. The molecule has 0 saturated heterocycles. The van der Waals surface area contributed by atoms with Crippen molar-refractivity contribution in [2.75, 3.05) is 0 Å². The van der Waals surface area contributed by atoms with Gasteiger partial charge in [0.05, 0.1) is 9.90 Å². The first-order valence-electron chi connectivity index (χ1n) is 2.79. The van der Waals surface area contributed by atoms with Crippen LogP contribution >= 0.6 is 33.6 Å². The van der Waals surface area contributed by atoms with Crippen LogP contribution in [-0.2, 0) is 9.05 Å². The van der Waals surface area contributed by atoms with Gasteiger partial charge < -0.3 is 5.11 Å². The minimum absolute atomic E-state index is 0.0663. The summed E-state index contributed by atoms with van der Waals surface area (Å²) in [6.07, 6.45) is 0. The summed E-state index contributed by atoms with van der Waals surface area (Å²) in [5.41, 5.74) is -0.398. The third kappa shape index (κ3) is 2.34. The summed E-state index contributed by atoms with van der Waals surface area (Å²) >= 11 is 6.06. The maximum absolute atomic E-state index is 10.8. The van der Waals surface area contributed by atoms with E-state index in [4.69, 9.17) is 27.4 Å². The van der Waals surface area contributed by atoms with Crippen molar-refractivity contribution in [3.8, 4) is 0 Å². The van der Waals surface area contributed by atoms with Crippen molar-refractivity contribution in [3.05, 3.63) is 16.0 Å². The molecule has 0 aliphatic heterocycles. The van der Waals surface area contributed by atoms with Crippen LogP contribution in [0.5, 0.6) is 0 Å². The number of halogens is 2. The van der Waals surface area contributed by atoms with Crippen LogP contribution in [0.25, 0.3) is 0 Å². The second-order valence-corrected chi connectivity index (χ2v) is 6.44. The first-order chi connectivity index (χ1) is 5.82. The Morgan fingerprint density at radius 2 is 2.08 bits per heavy atom. The summed E-state index contributed by atoms with van der Waals surface area (Å²) in [7, 11) is 0.950. The lowest BCUT2D eigenvalue weighted by Crippen LogP contribution is -2.00. The summed E-state index contributed by atoms with van der Waals surface area (Å²) in [6, 6.07) is 1.05. The lowest BCUT2D eigenvalue weighted by Gasteiger charge is -1.91. The number of hydrogen-bond donors (Lipinski definition) is 1. The van der Waals surface area contributed by atoms with Gasteiger partial charge in [-0.05, 0) is 6.07 Å². The van der Waals surface area contributed by atoms with Gasteiger partial charge >= 0.3 is 5.97 Å². The van der Waals surface area contributed by atoms with E-state index in [0.29, 0.717) is 11.3 Å². The highest BCUT2D eigenvalue weighted by Gasteiger charge is 2.23. The Morgan fingerprint density at radius 3 is 2.38 bits per heavy atom. The van der Waals surface area contributed by atoms with Crippen LogP contribution in [0.3, 0.4) is 0 Å². The third-order valence-corrected chi connectivity index (χ3v) is 4.49. The molecular formula is C5H2Cl2O4S2. The molecule has 1 N–H and O–H groups in total. The minimum Gasteiger partial charge on any atom is -0.478 e. The molecule has 1 aromatic heterocycles. The van der Waals surface area contributed by atoms with Gasteiger partial charge in [0.2, 0.25) is 0 Å². The van der Waals surface area contributed by atoms with Crippen LogP contribution in [0.15, 0.2) is 10.3 Å². The van der Waals surface area contributed by atoms with E-state index in [-0.39, 0.29) is 4.34 Å². The van der Waals surface area contributed by atoms with Crippen LogP contribution in [0, 0.1) is 0 Å². The van der Waals surface area contributed by atoms with Crippen LogP contribution in [0.1, 0.15) is 10.4 Å². The Bertz CT molecular complexity index is 447. The molecule has 0 bridgehead atoms. The van der Waals surface area contributed by atoms with E-state index in [2.05, 4.69) is 0 Å². The largest absolute Gasteiger partial charge is 0.478 e. The fourth-order valence-corrected chi connectivity index (χ4v) is 3.37. The van der Waals surface area contributed by atoms with Crippen molar-refractivity contribution in [2.45, 2.75) is 4.21 Å². The number of carboxylic acids is 1. The molecule has 0 aliphatic rings. The second-order valence-electron chi connectivity index (χ2n) is 1.99. The van der Waals surface area contributed by atoms with Crippen molar-refractivity contribution >= 4 is 48.6 Å². The van der Waals surface area contributed by atoms with E-state index < -0.39 is 24.8 Å². The Labute approximate surface area is 87.1 Å². The molecule has 0 unspecified atom stereocenters. The fraction of sp³-hybridized carbons (Fsp3) is 0. The molecule has 0 spiro atoms. The quantitative estimate of drug-likeness (QED) is 0.827. The van der Waals surface area contributed by atoms with E-state index in [1.54, 1.807) is 0 Å². The lowest BCUT2D eigenvalue weighted by atomic mass is 10.3. The Kier molecular flexibility index (Phi) is 2.86. The summed E-state index contributed by atoms with van der Waals surface area (Å²) in [6.45, 7) is 0. The maximum atomic E-state index is 10.8. The summed E-state index contributed by atoms with van der Waals surface area (Å²) in [5, 5.41) is 8.57. The summed E-state index contributed by atoms with van der Waals surface area (Å²) < 4.78 is 21.3. The molecule has 0 amide bonds. The predicted octanol–water partition coefficient (Wildman–Crippen LogP) is 2.03. The van der Waals surface area contributed by atoms with Gasteiger partial charge in [0.25, 0.3) is 9.05 Å². The average Bonchev–Trinajstić information content (AvgIpc) is 2.29. The van der Waals surface area contributed by atoms with E-state index in [1.165, 1.54) is 0 Å². The molecule has 0 aliphatic carbocycles. The highest BCUT2D eigenvalue weighted by Crippen LogP contribution is 2.32. The third-order valence-electron chi connectivity index (χ3n) is 1.12. The second kappa shape index (κ2) is 3.45. The zero-order chi connectivity index (χ0) is 10.2. The fourth-order valence-electron chi connectivity index (χ4n) is 0.676. The Hall–Kier alpha value is -0.300.